The summed E-state index contributed by atoms with van der Waals surface area (Å²) in [4.78, 5) is 0. The van der Waals surface area contributed by atoms with Crippen molar-refractivity contribution < 1.29 is 18.9 Å². The number of hydrogen-bond acceptors (Lipinski definition) is 5. The van der Waals surface area contributed by atoms with Crippen LogP contribution in [0.2, 0.25) is 0 Å². The van der Waals surface area contributed by atoms with Crippen LogP contribution in [0.25, 0.3) is 0 Å². The molecular weight excluding hydrogens is 246 g/mol. The van der Waals surface area contributed by atoms with Crippen molar-refractivity contribution >= 4 is 0 Å². The van der Waals surface area contributed by atoms with Crippen LogP contribution >= 0.6 is 0 Å². The monoisotopic (exact) mass is 273 g/mol. The third-order valence-electron chi connectivity index (χ3n) is 3.88. The molecule has 1 heterocycles. The topological polar surface area (TPSA) is 49.0 Å². The predicted octanol–water partition coefficient (Wildman–Crippen LogP) is 0.822. The summed E-state index contributed by atoms with van der Waals surface area (Å²) in [7, 11) is 1.69. The second-order valence-electron chi connectivity index (χ2n) is 5.33. The fourth-order valence-corrected chi connectivity index (χ4v) is 2.67. The van der Waals surface area contributed by atoms with Crippen LogP contribution in [0.15, 0.2) is 0 Å². The molecular formula is C14H27NO4. The molecule has 2 fully saturated rings. The normalized spacial score (nSPS) is 34.4. The zero-order valence-corrected chi connectivity index (χ0v) is 12.1. The molecule has 0 aromatic heterocycles. The van der Waals surface area contributed by atoms with Gasteiger partial charge in [0.2, 0.25) is 0 Å². The Morgan fingerprint density at radius 1 is 1.26 bits per heavy atom. The second kappa shape index (κ2) is 8.17. The van der Waals surface area contributed by atoms with E-state index in [1.54, 1.807) is 7.11 Å². The van der Waals surface area contributed by atoms with Gasteiger partial charge in [-0.25, -0.2) is 0 Å². The van der Waals surface area contributed by atoms with Gasteiger partial charge in [-0.15, -0.1) is 0 Å². The number of likely N-dealkylation sites (N-methyl/N-ethyl adjacent to an activating group) is 1. The molecule has 4 atom stereocenters. The minimum atomic E-state index is 0.164. The molecule has 1 saturated carbocycles. The lowest BCUT2D eigenvalue weighted by atomic mass is 9.85. The van der Waals surface area contributed by atoms with Crippen LogP contribution in [-0.4, -0.2) is 64.9 Å². The first-order valence-electron chi connectivity index (χ1n) is 7.38. The van der Waals surface area contributed by atoms with E-state index in [4.69, 9.17) is 18.9 Å². The van der Waals surface area contributed by atoms with E-state index in [9.17, 15) is 0 Å². The Labute approximate surface area is 115 Å². The van der Waals surface area contributed by atoms with E-state index >= 15 is 0 Å². The van der Waals surface area contributed by atoms with Crippen LogP contribution in [0.1, 0.15) is 19.8 Å². The zero-order valence-electron chi connectivity index (χ0n) is 12.1. The van der Waals surface area contributed by atoms with Crippen molar-refractivity contribution in [3.8, 4) is 0 Å². The van der Waals surface area contributed by atoms with Gasteiger partial charge in [0.25, 0.3) is 0 Å². The first kappa shape index (κ1) is 15.2. The molecule has 1 aliphatic carbocycles. The highest BCUT2D eigenvalue weighted by atomic mass is 16.6. The highest BCUT2D eigenvalue weighted by Gasteiger charge is 2.42. The molecule has 0 spiro atoms. The van der Waals surface area contributed by atoms with Crippen LogP contribution in [0.4, 0.5) is 0 Å². The van der Waals surface area contributed by atoms with Crippen molar-refractivity contribution in [3.05, 3.63) is 0 Å². The van der Waals surface area contributed by atoms with Crippen LogP contribution in [-0.2, 0) is 18.9 Å². The molecule has 2 aliphatic rings. The Hall–Kier alpha value is -0.200. The molecule has 0 amide bonds. The van der Waals surface area contributed by atoms with Gasteiger partial charge in [0.05, 0.1) is 38.6 Å². The van der Waals surface area contributed by atoms with E-state index in [0.29, 0.717) is 25.2 Å². The smallest absolute Gasteiger partial charge is 0.0991 e. The Kier molecular flexibility index (Phi) is 6.53. The van der Waals surface area contributed by atoms with E-state index in [0.717, 1.165) is 39.2 Å². The van der Waals surface area contributed by atoms with Crippen molar-refractivity contribution in [2.75, 3.05) is 46.7 Å². The van der Waals surface area contributed by atoms with E-state index < -0.39 is 0 Å². The van der Waals surface area contributed by atoms with Crippen LogP contribution in [0.5, 0.6) is 0 Å². The molecule has 1 saturated heterocycles. The van der Waals surface area contributed by atoms with Crippen LogP contribution in [0.3, 0.4) is 0 Å². The largest absolute Gasteiger partial charge is 0.382 e. The first-order chi connectivity index (χ1) is 9.35. The van der Waals surface area contributed by atoms with Crippen molar-refractivity contribution in [1.29, 1.82) is 0 Å². The third kappa shape index (κ3) is 4.39. The fourth-order valence-electron chi connectivity index (χ4n) is 2.67. The molecule has 0 bridgehead atoms. The maximum absolute atomic E-state index is 6.00. The van der Waals surface area contributed by atoms with E-state index in [2.05, 4.69) is 12.2 Å². The predicted molar refractivity (Wildman–Crippen MR) is 72.4 cm³/mol. The molecule has 19 heavy (non-hydrogen) atoms. The molecule has 2 rings (SSSR count). The second-order valence-corrected chi connectivity index (χ2v) is 5.33. The van der Waals surface area contributed by atoms with Crippen LogP contribution < -0.4 is 5.32 Å². The SMILES string of the molecule is CCNC1CC(OCC2CCOC2)C1OCCOC. The molecule has 0 aromatic carbocycles. The van der Waals surface area contributed by atoms with Gasteiger partial charge in [-0.1, -0.05) is 6.92 Å². The Balaban J connectivity index is 1.68. The Bertz CT molecular complexity index is 246. The zero-order chi connectivity index (χ0) is 13.5. The molecule has 0 aromatic rings. The number of methoxy groups -OCH3 is 1. The van der Waals surface area contributed by atoms with E-state index in [1.165, 1.54) is 0 Å². The van der Waals surface area contributed by atoms with Gasteiger partial charge in [0.15, 0.2) is 0 Å². The third-order valence-corrected chi connectivity index (χ3v) is 3.88. The molecule has 4 unspecified atom stereocenters. The van der Waals surface area contributed by atoms with E-state index in [-0.39, 0.29) is 12.2 Å². The van der Waals surface area contributed by atoms with Crippen molar-refractivity contribution in [2.24, 2.45) is 5.92 Å². The van der Waals surface area contributed by atoms with Crippen molar-refractivity contribution in [1.82, 2.24) is 5.32 Å². The summed E-state index contributed by atoms with van der Waals surface area (Å²) in [5, 5.41) is 3.45. The molecule has 112 valence electrons. The van der Waals surface area contributed by atoms with Gasteiger partial charge >= 0.3 is 0 Å². The number of hydrogen-bond donors (Lipinski definition) is 1. The number of nitrogens with one attached hydrogen (secondary N) is 1. The summed E-state index contributed by atoms with van der Waals surface area (Å²) in [6.45, 7) is 6.89. The summed E-state index contributed by atoms with van der Waals surface area (Å²) >= 11 is 0. The van der Waals surface area contributed by atoms with Gasteiger partial charge in [-0.05, 0) is 19.4 Å². The average molecular weight is 273 g/mol. The number of rotatable bonds is 9. The summed E-state index contributed by atoms with van der Waals surface area (Å²) in [6, 6.07) is 0.423. The van der Waals surface area contributed by atoms with Gasteiger partial charge < -0.3 is 24.3 Å². The number of ether oxygens (including phenoxy) is 4. The molecule has 1 aliphatic heterocycles. The van der Waals surface area contributed by atoms with E-state index in [1.807, 2.05) is 0 Å². The van der Waals surface area contributed by atoms with Crippen molar-refractivity contribution in [2.45, 2.75) is 38.0 Å². The molecule has 0 radical (unpaired) electrons. The van der Waals surface area contributed by atoms with Gasteiger partial charge in [0, 0.05) is 25.7 Å². The fraction of sp³-hybridized carbons (Fsp3) is 1.00. The minimum Gasteiger partial charge on any atom is -0.382 e. The molecule has 1 N–H and O–H groups in total. The lowest BCUT2D eigenvalue weighted by Gasteiger charge is -2.44. The summed E-state index contributed by atoms with van der Waals surface area (Å²) in [6.07, 6.45) is 2.55. The van der Waals surface area contributed by atoms with Gasteiger partial charge in [-0.3, -0.25) is 0 Å². The lowest BCUT2D eigenvalue weighted by Crippen LogP contribution is -2.60. The first-order valence-corrected chi connectivity index (χ1v) is 7.38. The summed E-state index contributed by atoms with van der Waals surface area (Å²) in [5.41, 5.74) is 0. The highest BCUT2D eigenvalue weighted by molar-refractivity contribution is 4.97. The highest BCUT2D eigenvalue weighted by Crippen LogP contribution is 2.28. The quantitative estimate of drug-likeness (QED) is 0.630. The summed E-state index contributed by atoms with van der Waals surface area (Å²) < 4.78 is 22.3. The molecule has 5 heteroatoms. The maximum Gasteiger partial charge on any atom is 0.0991 e. The van der Waals surface area contributed by atoms with Crippen molar-refractivity contribution in [3.63, 3.8) is 0 Å². The maximum atomic E-state index is 6.00. The minimum absolute atomic E-state index is 0.164. The summed E-state index contributed by atoms with van der Waals surface area (Å²) in [5.74, 6) is 0.567. The Morgan fingerprint density at radius 3 is 2.84 bits per heavy atom. The van der Waals surface area contributed by atoms with Gasteiger partial charge in [0.1, 0.15) is 0 Å². The lowest BCUT2D eigenvalue weighted by molar-refractivity contribution is -0.156. The average Bonchev–Trinajstić information content (AvgIpc) is 2.91. The molecule has 5 nitrogen and oxygen atoms in total. The van der Waals surface area contributed by atoms with Gasteiger partial charge in [-0.2, -0.15) is 0 Å². The standard InChI is InChI=1S/C14H27NO4/c1-3-15-12-8-13(14(12)18-7-6-16-2)19-10-11-4-5-17-9-11/h11-15H,3-10H2,1-2H3. The van der Waals surface area contributed by atoms with Crippen LogP contribution in [0, 0.1) is 5.92 Å². The Morgan fingerprint density at radius 2 is 2.16 bits per heavy atom.